The number of carbonyl (C=O) groups is 1. The van der Waals surface area contributed by atoms with Gasteiger partial charge >= 0.3 is 7.82 Å². The van der Waals surface area contributed by atoms with Crippen LogP contribution in [0.5, 0.6) is 0 Å². The van der Waals surface area contributed by atoms with Crippen LogP contribution in [0, 0.1) is 0 Å². The van der Waals surface area contributed by atoms with Crippen molar-refractivity contribution in [1.29, 1.82) is 0 Å². The average molecular weight is 999 g/mol. The van der Waals surface area contributed by atoms with Crippen molar-refractivity contribution in [3.8, 4) is 0 Å². The summed E-state index contributed by atoms with van der Waals surface area (Å²) in [6.07, 6.45) is 65.0. The van der Waals surface area contributed by atoms with Gasteiger partial charge in [-0.05, 0) is 19.3 Å². The Kier molecular flexibility index (Phi) is 51.5. The number of nitrogens with zero attached hydrogens (tertiary/aromatic N) is 1. The minimum atomic E-state index is -4.34. The maximum absolute atomic E-state index is 12.9. The van der Waals surface area contributed by atoms with Gasteiger partial charge in [0.05, 0.1) is 39.9 Å². The molecule has 0 aliphatic carbocycles. The standard InChI is InChI=1S/C60H121N2O6P/c1-6-8-10-12-14-16-18-19-20-21-22-23-24-25-26-27-28-29-30-31-32-33-34-35-36-37-38-39-40-41-42-44-46-48-50-52-54-60(64)61-58(57-68-69(65,66)67-56-55-62(3,4)5)59(63)53-51-49-47-45-43-17-15-13-11-9-7-2/h51,53,58-59,63H,6-50,52,54-57H2,1-5H3,(H-,61,64,65,66)/p+1/b53-51+. The fourth-order valence-electron chi connectivity index (χ4n) is 9.46. The van der Waals surface area contributed by atoms with E-state index in [1.807, 2.05) is 27.2 Å². The molecule has 69 heavy (non-hydrogen) atoms. The lowest BCUT2D eigenvalue weighted by atomic mass is 10.0. The fourth-order valence-corrected chi connectivity index (χ4v) is 10.2. The van der Waals surface area contributed by atoms with Gasteiger partial charge in [-0.3, -0.25) is 13.8 Å². The van der Waals surface area contributed by atoms with E-state index >= 15 is 0 Å². The Labute approximate surface area is 431 Å². The lowest BCUT2D eigenvalue weighted by Crippen LogP contribution is -2.45. The van der Waals surface area contributed by atoms with Gasteiger partial charge in [-0.2, -0.15) is 0 Å². The molecule has 9 heteroatoms. The number of quaternary nitrogens is 1. The molecule has 0 saturated carbocycles. The van der Waals surface area contributed by atoms with Crippen molar-refractivity contribution in [1.82, 2.24) is 5.32 Å². The predicted molar refractivity (Wildman–Crippen MR) is 300 cm³/mol. The first-order valence-electron chi connectivity index (χ1n) is 30.6. The number of likely N-dealkylation sites (N-methyl/N-ethyl adjacent to an activating group) is 1. The summed E-state index contributed by atoms with van der Waals surface area (Å²) in [5.41, 5.74) is 0. The Balaban J connectivity index is 3.84. The average Bonchev–Trinajstić information content (AvgIpc) is 3.31. The number of phosphoric acid groups is 1. The van der Waals surface area contributed by atoms with Crippen LogP contribution < -0.4 is 5.32 Å². The third-order valence-electron chi connectivity index (χ3n) is 14.3. The molecule has 3 atom stereocenters. The number of rotatable bonds is 57. The molecule has 0 aromatic heterocycles. The molecular formula is C60H122N2O6P+. The Morgan fingerprint density at radius 2 is 0.768 bits per heavy atom. The maximum Gasteiger partial charge on any atom is 0.472 e. The first-order valence-corrected chi connectivity index (χ1v) is 32.1. The highest BCUT2D eigenvalue weighted by molar-refractivity contribution is 7.47. The van der Waals surface area contributed by atoms with Gasteiger partial charge < -0.3 is 19.8 Å². The van der Waals surface area contributed by atoms with Gasteiger partial charge in [-0.15, -0.1) is 0 Å². The van der Waals surface area contributed by atoms with E-state index in [9.17, 15) is 19.4 Å². The molecule has 3 unspecified atom stereocenters. The van der Waals surface area contributed by atoms with Crippen molar-refractivity contribution in [3.05, 3.63) is 12.2 Å². The summed E-state index contributed by atoms with van der Waals surface area (Å²) in [4.78, 5) is 23.2. The van der Waals surface area contributed by atoms with Crippen LogP contribution in [0.2, 0.25) is 0 Å². The van der Waals surface area contributed by atoms with Crippen LogP contribution in [0.1, 0.15) is 316 Å². The highest BCUT2D eigenvalue weighted by Crippen LogP contribution is 2.43. The fraction of sp³-hybridized carbons (Fsp3) is 0.950. The molecule has 0 saturated heterocycles. The van der Waals surface area contributed by atoms with Crippen molar-refractivity contribution in [2.45, 2.75) is 328 Å². The molecule has 0 aliphatic rings. The van der Waals surface area contributed by atoms with Crippen LogP contribution in [0.3, 0.4) is 0 Å². The summed E-state index contributed by atoms with van der Waals surface area (Å²) < 4.78 is 23.6. The molecule has 0 rings (SSSR count). The number of carbonyl (C=O) groups excluding carboxylic acids is 1. The number of nitrogens with one attached hydrogen (secondary N) is 1. The molecule has 0 radical (unpaired) electrons. The van der Waals surface area contributed by atoms with E-state index in [0.29, 0.717) is 17.4 Å². The molecule has 0 spiro atoms. The van der Waals surface area contributed by atoms with Crippen molar-refractivity contribution < 1.29 is 32.9 Å². The van der Waals surface area contributed by atoms with Gasteiger partial charge in [0.2, 0.25) is 5.91 Å². The molecule has 3 N–H and O–H groups in total. The normalized spacial score (nSPS) is 13.9. The molecule has 0 aliphatic heterocycles. The summed E-state index contributed by atoms with van der Waals surface area (Å²) in [5.74, 6) is -0.171. The molecule has 412 valence electrons. The molecule has 0 aromatic rings. The SMILES string of the molecule is CCCCCCCCCCC/C=C/C(O)C(COP(=O)(O)OCC[N+](C)(C)C)NC(=O)CCCCCCCCCCCCCCCCCCCCCCCCCCCCCCCCCCCCCC. The second kappa shape index (κ2) is 52.1. The minimum Gasteiger partial charge on any atom is -0.387 e. The largest absolute Gasteiger partial charge is 0.472 e. The van der Waals surface area contributed by atoms with Gasteiger partial charge in [-0.1, -0.05) is 302 Å². The van der Waals surface area contributed by atoms with Crippen LogP contribution in [-0.4, -0.2) is 73.4 Å². The van der Waals surface area contributed by atoms with E-state index in [1.165, 1.54) is 257 Å². The molecule has 0 fully saturated rings. The lowest BCUT2D eigenvalue weighted by Gasteiger charge is -2.25. The topological polar surface area (TPSA) is 105 Å². The van der Waals surface area contributed by atoms with Gasteiger partial charge in [0.25, 0.3) is 0 Å². The summed E-state index contributed by atoms with van der Waals surface area (Å²) in [5, 5.41) is 13.9. The highest BCUT2D eigenvalue weighted by Gasteiger charge is 2.27. The lowest BCUT2D eigenvalue weighted by molar-refractivity contribution is -0.870. The van der Waals surface area contributed by atoms with Gasteiger partial charge in [-0.25, -0.2) is 4.57 Å². The van der Waals surface area contributed by atoms with Crippen molar-refractivity contribution in [2.24, 2.45) is 0 Å². The first kappa shape index (κ1) is 68.2. The Bertz CT molecular complexity index is 1130. The maximum atomic E-state index is 12.9. The number of aliphatic hydroxyl groups excluding tert-OH is 1. The molecule has 1 amide bonds. The molecule has 0 heterocycles. The zero-order chi connectivity index (χ0) is 50.6. The van der Waals surface area contributed by atoms with Crippen molar-refractivity contribution >= 4 is 13.7 Å². The van der Waals surface area contributed by atoms with Crippen LogP contribution in [-0.2, 0) is 18.4 Å². The van der Waals surface area contributed by atoms with Gasteiger partial charge in [0, 0.05) is 6.42 Å². The smallest absolute Gasteiger partial charge is 0.387 e. The number of allylic oxidation sites excluding steroid dienone is 1. The summed E-state index contributed by atoms with van der Waals surface area (Å²) in [6, 6.07) is -0.840. The second-order valence-corrected chi connectivity index (χ2v) is 23.9. The number of hydrogen-bond acceptors (Lipinski definition) is 5. The van der Waals surface area contributed by atoms with Gasteiger partial charge in [0.1, 0.15) is 13.2 Å². The molecular weight excluding hydrogens is 876 g/mol. The zero-order valence-electron chi connectivity index (χ0n) is 47.1. The van der Waals surface area contributed by atoms with E-state index < -0.39 is 20.0 Å². The van der Waals surface area contributed by atoms with Crippen LogP contribution in [0.15, 0.2) is 12.2 Å². The summed E-state index contributed by atoms with van der Waals surface area (Å²) >= 11 is 0. The van der Waals surface area contributed by atoms with Crippen molar-refractivity contribution in [2.75, 3.05) is 40.9 Å². The number of phosphoric ester groups is 1. The number of unbranched alkanes of at least 4 members (excludes halogenated alkanes) is 44. The predicted octanol–water partition coefficient (Wildman–Crippen LogP) is 18.6. The Morgan fingerprint density at radius 1 is 0.478 bits per heavy atom. The van der Waals surface area contributed by atoms with E-state index in [-0.39, 0.29) is 19.1 Å². The molecule has 8 nitrogen and oxygen atoms in total. The van der Waals surface area contributed by atoms with E-state index in [1.54, 1.807) is 6.08 Å². The monoisotopic (exact) mass is 998 g/mol. The summed E-state index contributed by atoms with van der Waals surface area (Å²) in [6.45, 7) is 4.84. The van der Waals surface area contributed by atoms with E-state index in [2.05, 4.69) is 19.2 Å². The second-order valence-electron chi connectivity index (χ2n) is 22.4. The summed E-state index contributed by atoms with van der Waals surface area (Å²) in [7, 11) is 1.59. The molecule has 0 aromatic carbocycles. The number of aliphatic hydroxyl groups is 1. The zero-order valence-corrected chi connectivity index (χ0v) is 48.0. The van der Waals surface area contributed by atoms with Crippen LogP contribution >= 0.6 is 7.82 Å². The number of amides is 1. The third-order valence-corrected chi connectivity index (χ3v) is 15.2. The quantitative estimate of drug-likeness (QED) is 0.0243. The first-order chi connectivity index (χ1) is 33.5. The van der Waals surface area contributed by atoms with E-state index in [0.717, 1.165) is 38.5 Å². The van der Waals surface area contributed by atoms with Crippen LogP contribution in [0.25, 0.3) is 0 Å². The highest BCUT2D eigenvalue weighted by atomic mass is 31.2. The Hall–Kier alpha value is -0.760. The van der Waals surface area contributed by atoms with Crippen molar-refractivity contribution in [3.63, 3.8) is 0 Å². The minimum absolute atomic E-state index is 0.0647. The van der Waals surface area contributed by atoms with Gasteiger partial charge in [0.15, 0.2) is 0 Å². The Morgan fingerprint density at radius 3 is 1.07 bits per heavy atom. The van der Waals surface area contributed by atoms with E-state index in [4.69, 9.17) is 9.05 Å². The molecule has 0 bridgehead atoms. The van der Waals surface area contributed by atoms with Crippen LogP contribution in [0.4, 0.5) is 0 Å². The third kappa shape index (κ3) is 54.8. The number of hydrogen-bond donors (Lipinski definition) is 3.